The van der Waals surface area contributed by atoms with Crippen LogP contribution in [-0.4, -0.2) is 30.9 Å². The van der Waals surface area contributed by atoms with Crippen LogP contribution >= 0.6 is 0 Å². The first-order valence-electron chi connectivity index (χ1n) is 8.78. The van der Waals surface area contributed by atoms with Crippen LogP contribution in [0.15, 0.2) is 36.4 Å². The first-order chi connectivity index (χ1) is 12.5. The molecule has 2 aromatic carbocycles. The fraction of sp³-hybridized carbons (Fsp3) is 0.381. The van der Waals surface area contributed by atoms with Gasteiger partial charge in [-0.25, -0.2) is 4.79 Å². The van der Waals surface area contributed by atoms with E-state index in [0.717, 1.165) is 16.7 Å². The number of aliphatic hydroxyl groups excluding tert-OH is 1. The Labute approximate surface area is 153 Å². The Morgan fingerprint density at radius 2 is 1.92 bits per heavy atom. The molecule has 0 fully saturated rings. The number of hydrogen-bond acceptors (Lipinski definition) is 5. The number of carbonyl (C=O) groups is 1. The Kier molecular flexibility index (Phi) is 5.59. The van der Waals surface area contributed by atoms with E-state index >= 15 is 0 Å². The zero-order valence-corrected chi connectivity index (χ0v) is 15.4. The molecule has 0 aliphatic heterocycles. The summed E-state index contributed by atoms with van der Waals surface area (Å²) in [5, 5.41) is 13.8. The number of ether oxygens (including phenoxy) is 2. The number of nitrogens with one attached hydrogen (secondary N) is 1. The van der Waals surface area contributed by atoms with Gasteiger partial charge in [0.05, 0.1) is 19.3 Å². The number of benzene rings is 2. The van der Waals surface area contributed by atoms with Crippen molar-refractivity contribution >= 4 is 5.97 Å². The van der Waals surface area contributed by atoms with Crippen molar-refractivity contribution in [3.05, 3.63) is 64.2 Å². The minimum absolute atomic E-state index is 0.0536. The first kappa shape index (κ1) is 18.4. The van der Waals surface area contributed by atoms with Crippen molar-refractivity contribution in [1.29, 1.82) is 0 Å². The number of methoxy groups -OCH3 is 1. The number of fused-ring (bicyclic) bond motifs is 1. The van der Waals surface area contributed by atoms with Gasteiger partial charge in [0.25, 0.3) is 0 Å². The normalized spacial score (nSPS) is 18.5. The molecule has 1 aliphatic carbocycles. The summed E-state index contributed by atoms with van der Waals surface area (Å²) in [6.45, 7) is 4.47. The van der Waals surface area contributed by atoms with Crippen LogP contribution in [0.2, 0.25) is 0 Å². The van der Waals surface area contributed by atoms with Gasteiger partial charge in [0.15, 0.2) is 6.61 Å². The highest BCUT2D eigenvalue weighted by Gasteiger charge is 2.30. The van der Waals surface area contributed by atoms with Crippen LogP contribution in [0, 0.1) is 13.8 Å². The molecule has 5 nitrogen and oxygen atoms in total. The summed E-state index contributed by atoms with van der Waals surface area (Å²) in [7, 11) is 1.34. The Bertz CT molecular complexity index is 779. The third kappa shape index (κ3) is 3.89. The van der Waals surface area contributed by atoms with E-state index in [-0.39, 0.29) is 12.6 Å². The van der Waals surface area contributed by atoms with E-state index in [1.807, 2.05) is 38.1 Å². The van der Waals surface area contributed by atoms with Crippen LogP contribution in [0.25, 0.3) is 0 Å². The lowest BCUT2D eigenvalue weighted by atomic mass is 10.0. The number of esters is 1. The smallest absolute Gasteiger partial charge is 0.343 e. The minimum Gasteiger partial charge on any atom is -0.481 e. The van der Waals surface area contributed by atoms with Gasteiger partial charge in [-0.15, -0.1) is 0 Å². The largest absolute Gasteiger partial charge is 0.481 e. The predicted octanol–water partition coefficient (Wildman–Crippen LogP) is 2.60. The van der Waals surface area contributed by atoms with E-state index in [0.29, 0.717) is 18.7 Å². The third-order valence-corrected chi connectivity index (χ3v) is 4.81. The molecule has 3 rings (SSSR count). The van der Waals surface area contributed by atoms with Crippen molar-refractivity contribution in [2.45, 2.75) is 39.0 Å². The topological polar surface area (TPSA) is 67.8 Å². The van der Waals surface area contributed by atoms with Crippen LogP contribution < -0.4 is 10.1 Å². The van der Waals surface area contributed by atoms with Gasteiger partial charge in [0, 0.05) is 13.0 Å². The van der Waals surface area contributed by atoms with Gasteiger partial charge in [0.1, 0.15) is 5.75 Å². The van der Waals surface area contributed by atoms with Gasteiger partial charge in [0.2, 0.25) is 0 Å². The highest BCUT2D eigenvalue weighted by Crippen LogP contribution is 2.32. The van der Waals surface area contributed by atoms with Crippen molar-refractivity contribution in [3.63, 3.8) is 0 Å². The molecule has 5 heteroatoms. The van der Waals surface area contributed by atoms with Crippen molar-refractivity contribution in [2.75, 3.05) is 13.7 Å². The lowest BCUT2D eigenvalue weighted by molar-refractivity contribution is -0.142. The molecule has 0 bridgehead atoms. The maximum Gasteiger partial charge on any atom is 0.343 e. The number of rotatable bonds is 6. The number of hydrogen-bond donors (Lipinski definition) is 2. The zero-order valence-electron chi connectivity index (χ0n) is 15.4. The van der Waals surface area contributed by atoms with Crippen molar-refractivity contribution in [2.24, 2.45) is 0 Å². The van der Waals surface area contributed by atoms with E-state index in [2.05, 4.69) is 22.2 Å². The summed E-state index contributed by atoms with van der Waals surface area (Å²) in [6, 6.07) is 12.2. The molecule has 0 amide bonds. The molecule has 0 spiro atoms. The summed E-state index contributed by atoms with van der Waals surface area (Å²) in [5.74, 6) is 0.314. The molecule has 0 aromatic heterocycles. The van der Waals surface area contributed by atoms with Crippen LogP contribution in [0.3, 0.4) is 0 Å². The average molecular weight is 355 g/mol. The molecule has 26 heavy (non-hydrogen) atoms. The molecule has 0 saturated carbocycles. The fourth-order valence-electron chi connectivity index (χ4n) is 3.61. The van der Waals surface area contributed by atoms with E-state index in [9.17, 15) is 9.90 Å². The molecule has 0 heterocycles. The summed E-state index contributed by atoms with van der Waals surface area (Å²) in [5.41, 5.74) is 5.43. The Morgan fingerprint density at radius 3 is 2.62 bits per heavy atom. The molecular weight excluding hydrogens is 330 g/mol. The Balaban J connectivity index is 1.68. The molecule has 2 aromatic rings. The van der Waals surface area contributed by atoms with E-state index < -0.39 is 12.1 Å². The second-order valence-corrected chi connectivity index (χ2v) is 6.75. The van der Waals surface area contributed by atoms with Gasteiger partial charge in [-0.1, -0.05) is 36.4 Å². The molecule has 2 N–H and O–H groups in total. The maximum atomic E-state index is 11.3. The van der Waals surface area contributed by atoms with Gasteiger partial charge in [-0.05, 0) is 41.7 Å². The highest BCUT2D eigenvalue weighted by atomic mass is 16.6. The van der Waals surface area contributed by atoms with Crippen LogP contribution in [0.1, 0.15) is 33.9 Å². The van der Waals surface area contributed by atoms with Gasteiger partial charge in [-0.2, -0.15) is 0 Å². The summed E-state index contributed by atoms with van der Waals surface area (Å²) in [6.07, 6.45) is 0.281. The van der Waals surface area contributed by atoms with Crippen LogP contribution in [-0.2, 0) is 22.5 Å². The number of carbonyl (C=O) groups excluding carboxylic acids is 1. The van der Waals surface area contributed by atoms with E-state index in [1.54, 1.807) is 0 Å². The SMILES string of the molecule is COC(=O)COc1c(C)cc(CN[C@@H]2c3ccccc3C[C@@H]2O)cc1C. The van der Waals surface area contributed by atoms with Crippen molar-refractivity contribution in [3.8, 4) is 5.75 Å². The van der Waals surface area contributed by atoms with Gasteiger partial charge >= 0.3 is 5.97 Å². The van der Waals surface area contributed by atoms with Gasteiger partial charge < -0.3 is 19.9 Å². The number of aryl methyl sites for hydroxylation is 2. The van der Waals surface area contributed by atoms with Crippen molar-refractivity contribution in [1.82, 2.24) is 5.32 Å². The van der Waals surface area contributed by atoms with Crippen LogP contribution in [0.4, 0.5) is 0 Å². The second kappa shape index (κ2) is 7.89. The van der Waals surface area contributed by atoms with Crippen LogP contribution in [0.5, 0.6) is 5.75 Å². The molecule has 0 radical (unpaired) electrons. The van der Waals surface area contributed by atoms with Gasteiger partial charge in [-0.3, -0.25) is 0 Å². The molecule has 1 aliphatic rings. The zero-order chi connectivity index (χ0) is 18.7. The Morgan fingerprint density at radius 1 is 1.23 bits per heavy atom. The summed E-state index contributed by atoms with van der Waals surface area (Å²) < 4.78 is 10.2. The summed E-state index contributed by atoms with van der Waals surface area (Å²) >= 11 is 0. The molecule has 138 valence electrons. The highest BCUT2D eigenvalue weighted by molar-refractivity contribution is 5.71. The molecule has 0 saturated heterocycles. The standard InChI is InChI=1S/C21H25NO4/c1-13-8-15(9-14(2)21(13)26-12-19(24)25-3)11-22-20-17-7-5-4-6-16(17)10-18(20)23/h4-9,18,20,22-23H,10-12H2,1-3H3/t18-,20+/m0/s1. The molecule has 2 atom stereocenters. The average Bonchev–Trinajstić information content (AvgIpc) is 2.94. The molecular formula is C21H25NO4. The van der Waals surface area contributed by atoms with E-state index in [4.69, 9.17) is 4.74 Å². The monoisotopic (exact) mass is 355 g/mol. The van der Waals surface area contributed by atoms with E-state index in [1.165, 1.54) is 18.2 Å². The first-order valence-corrected chi connectivity index (χ1v) is 8.78. The predicted molar refractivity (Wildman–Crippen MR) is 99.2 cm³/mol. The molecule has 0 unspecified atom stereocenters. The lowest BCUT2D eigenvalue weighted by Gasteiger charge is -2.19. The number of aliphatic hydroxyl groups is 1. The quantitative estimate of drug-likeness (QED) is 0.780. The van der Waals surface area contributed by atoms with Crippen molar-refractivity contribution < 1.29 is 19.4 Å². The minimum atomic E-state index is -0.405. The third-order valence-electron chi connectivity index (χ3n) is 4.81. The maximum absolute atomic E-state index is 11.3. The lowest BCUT2D eigenvalue weighted by Crippen LogP contribution is -2.28. The second-order valence-electron chi connectivity index (χ2n) is 6.75. The summed E-state index contributed by atoms with van der Waals surface area (Å²) in [4.78, 5) is 11.3. The Hall–Kier alpha value is -2.37. The fourth-order valence-corrected chi connectivity index (χ4v) is 3.61.